The first-order chi connectivity index (χ1) is 13.8. The van der Waals surface area contributed by atoms with Crippen LogP contribution in [0, 0.1) is 0 Å². The van der Waals surface area contributed by atoms with E-state index in [-0.39, 0.29) is 17.2 Å². The van der Waals surface area contributed by atoms with E-state index in [1.54, 1.807) is 11.8 Å². The SMILES string of the molecule is C=C(Cl)/C(NCCCC(=O)O)=C(F)\C=C(/C)CC1=NC(SC2CCC2)=CC=C=C1. The lowest BCUT2D eigenvalue weighted by Gasteiger charge is -2.24. The van der Waals surface area contributed by atoms with Gasteiger partial charge in [-0.15, -0.1) is 17.5 Å². The molecule has 7 heteroatoms. The van der Waals surface area contributed by atoms with Crippen LogP contribution in [-0.4, -0.2) is 28.6 Å². The highest BCUT2D eigenvalue weighted by Gasteiger charge is 2.19. The monoisotopic (exact) mass is 436 g/mol. The van der Waals surface area contributed by atoms with E-state index in [1.807, 2.05) is 25.2 Å². The van der Waals surface area contributed by atoms with Gasteiger partial charge in [-0.3, -0.25) is 4.79 Å². The maximum Gasteiger partial charge on any atom is 0.303 e. The third-order valence-corrected chi connectivity index (χ3v) is 5.84. The molecular formula is C22H26ClFN2O2S. The molecule has 0 atom stereocenters. The van der Waals surface area contributed by atoms with Crippen LogP contribution in [0.1, 0.15) is 45.4 Å². The number of halogens is 2. The van der Waals surface area contributed by atoms with E-state index in [0.29, 0.717) is 24.6 Å². The summed E-state index contributed by atoms with van der Waals surface area (Å²) in [6, 6.07) is 0. The van der Waals surface area contributed by atoms with Gasteiger partial charge in [0, 0.05) is 30.7 Å². The first-order valence-electron chi connectivity index (χ1n) is 9.59. The summed E-state index contributed by atoms with van der Waals surface area (Å²) in [4.78, 5) is 15.3. The van der Waals surface area contributed by atoms with Gasteiger partial charge in [0.1, 0.15) is 5.83 Å². The third-order valence-electron chi connectivity index (χ3n) is 4.38. The van der Waals surface area contributed by atoms with Crippen molar-refractivity contribution in [1.82, 2.24) is 5.32 Å². The highest BCUT2D eigenvalue weighted by atomic mass is 35.5. The Kier molecular flexibility index (Phi) is 9.52. The first kappa shape index (κ1) is 23.3. The fourth-order valence-electron chi connectivity index (χ4n) is 2.68. The Morgan fingerprint density at radius 1 is 1.55 bits per heavy atom. The average molecular weight is 437 g/mol. The van der Waals surface area contributed by atoms with Gasteiger partial charge < -0.3 is 10.4 Å². The highest BCUT2D eigenvalue weighted by molar-refractivity contribution is 8.03. The number of thioether (sulfide) groups is 1. The number of aliphatic imine (C=N–C) groups is 1. The van der Waals surface area contributed by atoms with Crippen LogP contribution < -0.4 is 5.32 Å². The number of allylic oxidation sites excluding steroid dienone is 6. The van der Waals surface area contributed by atoms with Crippen LogP contribution in [0.4, 0.5) is 4.39 Å². The second-order valence-electron chi connectivity index (χ2n) is 6.98. The Bertz CT molecular complexity index is 832. The molecule has 4 nitrogen and oxygen atoms in total. The van der Waals surface area contributed by atoms with Gasteiger partial charge in [0.05, 0.1) is 21.5 Å². The van der Waals surface area contributed by atoms with Crippen molar-refractivity contribution in [3.05, 3.63) is 63.8 Å². The largest absolute Gasteiger partial charge is 0.481 e. The Hall–Kier alpha value is -2.01. The molecule has 2 N–H and O–H groups in total. The second kappa shape index (κ2) is 11.9. The fourth-order valence-corrected chi connectivity index (χ4v) is 4.06. The lowest BCUT2D eigenvalue weighted by atomic mass is 10.0. The molecular weight excluding hydrogens is 411 g/mol. The molecule has 1 aliphatic heterocycles. The second-order valence-corrected chi connectivity index (χ2v) is 8.75. The minimum Gasteiger partial charge on any atom is -0.481 e. The van der Waals surface area contributed by atoms with Crippen LogP contribution in [0.5, 0.6) is 0 Å². The highest BCUT2D eigenvalue weighted by Crippen LogP contribution is 2.36. The predicted molar refractivity (Wildman–Crippen MR) is 120 cm³/mol. The molecule has 2 aliphatic rings. The van der Waals surface area contributed by atoms with Gasteiger partial charge in [-0.05, 0) is 44.4 Å². The summed E-state index contributed by atoms with van der Waals surface area (Å²) >= 11 is 7.70. The molecule has 1 aliphatic carbocycles. The maximum absolute atomic E-state index is 14.7. The van der Waals surface area contributed by atoms with E-state index >= 15 is 0 Å². The molecule has 0 bridgehead atoms. The predicted octanol–water partition coefficient (Wildman–Crippen LogP) is 6.00. The molecule has 1 saturated carbocycles. The number of carbonyl (C=O) groups is 1. The topological polar surface area (TPSA) is 61.7 Å². The Labute approximate surface area is 180 Å². The van der Waals surface area contributed by atoms with Crippen LogP contribution in [-0.2, 0) is 4.79 Å². The third kappa shape index (κ3) is 8.48. The number of carboxylic acids is 1. The molecule has 0 spiro atoms. The van der Waals surface area contributed by atoms with Crippen molar-refractivity contribution in [2.24, 2.45) is 4.99 Å². The standard InChI is InChI=1S/C22H26ClFN2O2S/c1-15(14-19(24)22(16(2)23)25-12-6-11-21(27)28)13-17-7-3-4-10-20(26-17)29-18-8-5-9-18/h4,7,10,14,18,25H,2,5-6,8-9,11-13H2,1H3,(H,27,28)/b15-14+,22-19-. The molecule has 0 aromatic heterocycles. The number of rotatable bonds is 11. The first-order valence-corrected chi connectivity index (χ1v) is 10.9. The van der Waals surface area contributed by atoms with Crippen molar-refractivity contribution in [2.45, 2.75) is 50.7 Å². The van der Waals surface area contributed by atoms with Gasteiger partial charge in [0.15, 0.2) is 0 Å². The van der Waals surface area contributed by atoms with Gasteiger partial charge >= 0.3 is 5.97 Å². The summed E-state index contributed by atoms with van der Waals surface area (Å²) in [6.07, 6.45) is 11.6. The van der Waals surface area contributed by atoms with E-state index < -0.39 is 11.8 Å². The van der Waals surface area contributed by atoms with Crippen molar-refractivity contribution in [3.63, 3.8) is 0 Å². The zero-order valence-corrected chi connectivity index (χ0v) is 18.1. The number of hydrogen-bond donors (Lipinski definition) is 2. The van der Waals surface area contributed by atoms with Gasteiger partial charge in [-0.1, -0.05) is 30.2 Å². The van der Waals surface area contributed by atoms with Gasteiger partial charge in [-0.2, -0.15) is 0 Å². The lowest BCUT2D eigenvalue weighted by Crippen LogP contribution is -2.17. The van der Waals surface area contributed by atoms with Crippen molar-refractivity contribution in [1.29, 1.82) is 0 Å². The summed E-state index contributed by atoms with van der Waals surface area (Å²) in [5.41, 5.74) is 4.75. The van der Waals surface area contributed by atoms with E-state index in [4.69, 9.17) is 21.7 Å². The van der Waals surface area contributed by atoms with E-state index in [0.717, 1.165) is 16.3 Å². The molecule has 0 aromatic carbocycles. The van der Waals surface area contributed by atoms with Crippen molar-refractivity contribution in [2.75, 3.05) is 6.54 Å². The summed E-state index contributed by atoms with van der Waals surface area (Å²) in [5.74, 6) is -1.43. The molecule has 0 amide bonds. The smallest absolute Gasteiger partial charge is 0.303 e. The maximum atomic E-state index is 14.7. The minimum atomic E-state index is -0.895. The van der Waals surface area contributed by atoms with Crippen LogP contribution in [0.25, 0.3) is 0 Å². The zero-order valence-electron chi connectivity index (χ0n) is 16.5. The number of nitrogens with one attached hydrogen (secondary N) is 1. The van der Waals surface area contributed by atoms with E-state index in [1.165, 1.54) is 25.3 Å². The quantitative estimate of drug-likeness (QED) is 0.237. The fraction of sp³-hybridized carbons (Fsp3) is 0.409. The Morgan fingerprint density at radius 2 is 2.31 bits per heavy atom. The van der Waals surface area contributed by atoms with Crippen LogP contribution in [0.15, 0.2) is 68.8 Å². The van der Waals surface area contributed by atoms with Crippen molar-refractivity contribution in [3.8, 4) is 0 Å². The molecule has 1 fully saturated rings. The minimum absolute atomic E-state index is 0.0000747. The molecule has 2 rings (SSSR count). The van der Waals surface area contributed by atoms with Crippen LogP contribution in [0.3, 0.4) is 0 Å². The van der Waals surface area contributed by atoms with E-state index in [9.17, 15) is 9.18 Å². The normalized spacial score (nSPS) is 17.7. The summed E-state index contributed by atoms with van der Waals surface area (Å²) in [5, 5.41) is 13.2. The van der Waals surface area contributed by atoms with Crippen LogP contribution >= 0.6 is 23.4 Å². The number of hydrogen-bond acceptors (Lipinski definition) is 4. The van der Waals surface area contributed by atoms with Gasteiger partial charge in [0.2, 0.25) is 0 Å². The molecule has 0 unspecified atom stereocenters. The molecule has 29 heavy (non-hydrogen) atoms. The van der Waals surface area contributed by atoms with Gasteiger partial charge in [-0.25, -0.2) is 9.38 Å². The molecule has 0 saturated heterocycles. The van der Waals surface area contributed by atoms with Crippen molar-refractivity contribution < 1.29 is 14.3 Å². The Morgan fingerprint density at radius 3 is 2.93 bits per heavy atom. The van der Waals surface area contributed by atoms with Gasteiger partial charge in [0.25, 0.3) is 0 Å². The average Bonchev–Trinajstić information content (AvgIpc) is 2.82. The summed E-state index contributed by atoms with van der Waals surface area (Å²) in [7, 11) is 0. The lowest BCUT2D eigenvalue weighted by molar-refractivity contribution is -0.137. The summed E-state index contributed by atoms with van der Waals surface area (Å²) in [6.45, 7) is 5.70. The zero-order chi connectivity index (χ0) is 21.2. The molecule has 1 heterocycles. The molecule has 156 valence electrons. The van der Waals surface area contributed by atoms with E-state index in [2.05, 4.69) is 17.6 Å². The van der Waals surface area contributed by atoms with Crippen molar-refractivity contribution >= 4 is 35.0 Å². The van der Waals surface area contributed by atoms with Crippen LogP contribution in [0.2, 0.25) is 0 Å². The number of nitrogens with zero attached hydrogens (tertiary/aromatic N) is 1. The molecule has 0 aromatic rings. The Balaban J connectivity index is 2.03. The molecule has 0 radical (unpaired) electrons. The number of aliphatic carboxylic acids is 1. The number of carboxylic acid groups (broad SMARTS) is 1. The summed E-state index contributed by atoms with van der Waals surface area (Å²) < 4.78 is 14.7.